The standard InChI is InChI=1S/C16H25BN2O2/c1-15(2)16(3,4)21-17(20-15)14(11-19)9-12-5-7-13(10-18)8-6-12/h5-9H,10-11,18-19H2,1-4H3. The van der Waals surface area contributed by atoms with Crippen LogP contribution in [0.2, 0.25) is 0 Å². The normalized spacial score (nSPS) is 20.9. The molecule has 4 N–H and O–H groups in total. The second kappa shape index (κ2) is 5.93. The molecular formula is C16H25BN2O2. The van der Waals surface area contributed by atoms with Crippen LogP contribution in [0.15, 0.2) is 29.7 Å². The Hall–Kier alpha value is -1.14. The molecule has 0 amide bonds. The average molecular weight is 288 g/mol. The molecule has 114 valence electrons. The number of hydrogen-bond donors (Lipinski definition) is 2. The number of hydrogen-bond acceptors (Lipinski definition) is 4. The zero-order valence-corrected chi connectivity index (χ0v) is 13.3. The van der Waals surface area contributed by atoms with Gasteiger partial charge in [-0.1, -0.05) is 30.3 Å². The van der Waals surface area contributed by atoms with Gasteiger partial charge in [0.1, 0.15) is 0 Å². The first-order valence-corrected chi connectivity index (χ1v) is 7.34. The Morgan fingerprint density at radius 3 is 2.00 bits per heavy atom. The van der Waals surface area contributed by atoms with Crippen LogP contribution in [-0.4, -0.2) is 24.9 Å². The highest BCUT2D eigenvalue weighted by atomic mass is 16.7. The minimum atomic E-state index is -0.394. The van der Waals surface area contributed by atoms with E-state index in [0.29, 0.717) is 13.1 Å². The van der Waals surface area contributed by atoms with E-state index in [0.717, 1.165) is 16.6 Å². The van der Waals surface area contributed by atoms with Gasteiger partial charge in [0.25, 0.3) is 0 Å². The number of rotatable bonds is 4. The molecular weight excluding hydrogens is 263 g/mol. The Balaban J connectivity index is 2.22. The fourth-order valence-corrected chi connectivity index (χ4v) is 2.18. The molecule has 4 nitrogen and oxygen atoms in total. The van der Waals surface area contributed by atoms with Crippen molar-refractivity contribution in [2.75, 3.05) is 6.54 Å². The zero-order valence-electron chi connectivity index (χ0n) is 13.3. The molecule has 1 heterocycles. The molecule has 0 atom stereocenters. The molecule has 1 fully saturated rings. The van der Waals surface area contributed by atoms with Crippen LogP contribution in [0.4, 0.5) is 0 Å². The summed E-state index contributed by atoms with van der Waals surface area (Å²) >= 11 is 0. The maximum Gasteiger partial charge on any atom is 0.491 e. The maximum absolute atomic E-state index is 6.04. The molecule has 1 aliphatic heterocycles. The van der Waals surface area contributed by atoms with Crippen molar-refractivity contribution in [1.82, 2.24) is 0 Å². The van der Waals surface area contributed by atoms with Crippen LogP contribution < -0.4 is 11.5 Å². The van der Waals surface area contributed by atoms with E-state index in [1.807, 2.05) is 58.0 Å². The monoisotopic (exact) mass is 288 g/mol. The Labute approximate surface area is 127 Å². The van der Waals surface area contributed by atoms with Crippen molar-refractivity contribution in [2.24, 2.45) is 11.5 Å². The summed E-state index contributed by atoms with van der Waals surface area (Å²) in [5.41, 5.74) is 13.9. The lowest BCUT2D eigenvalue weighted by atomic mass is 9.77. The van der Waals surface area contributed by atoms with Gasteiger partial charge in [0.2, 0.25) is 0 Å². The van der Waals surface area contributed by atoms with Crippen molar-refractivity contribution >= 4 is 13.2 Å². The van der Waals surface area contributed by atoms with E-state index in [2.05, 4.69) is 0 Å². The minimum Gasteiger partial charge on any atom is -0.400 e. The van der Waals surface area contributed by atoms with Crippen molar-refractivity contribution in [1.29, 1.82) is 0 Å². The zero-order chi connectivity index (χ0) is 15.7. The molecule has 1 aromatic rings. The van der Waals surface area contributed by atoms with Crippen LogP contribution in [0.1, 0.15) is 38.8 Å². The van der Waals surface area contributed by atoms with E-state index in [9.17, 15) is 0 Å². The smallest absolute Gasteiger partial charge is 0.400 e. The number of nitrogens with two attached hydrogens (primary N) is 2. The first-order valence-electron chi connectivity index (χ1n) is 7.34. The van der Waals surface area contributed by atoms with Crippen molar-refractivity contribution in [3.8, 4) is 0 Å². The van der Waals surface area contributed by atoms with Gasteiger partial charge in [-0.2, -0.15) is 0 Å². The Morgan fingerprint density at radius 2 is 1.57 bits per heavy atom. The Kier molecular flexibility index (Phi) is 4.59. The summed E-state index contributed by atoms with van der Waals surface area (Å²) in [5.74, 6) is 0. The average Bonchev–Trinajstić information content (AvgIpc) is 2.65. The first-order chi connectivity index (χ1) is 9.79. The van der Waals surface area contributed by atoms with Gasteiger partial charge in [-0.25, -0.2) is 0 Å². The second-order valence-electron chi connectivity index (χ2n) is 6.46. The van der Waals surface area contributed by atoms with E-state index in [4.69, 9.17) is 20.8 Å². The van der Waals surface area contributed by atoms with E-state index in [1.165, 1.54) is 0 Å². The summed E-state index contributed by atoms with van der Waals surface area (Å²) in [6, 6.07) is 8.10. The number of benzene rings is 1. The Morgan fingerprint density at radius 1 is 1.05 bits per heavy atom. The van der Waals surface area contributed by atoms with Crippen molar-refractivity contribution < 1.29 is 9.31 Å². The third kappa shape index (κ3) is 3.38. The molecule has 5 heteroatoms. The van der Waals surface area contributed by atoms with Gasteiger partial charge in [-0.05, 0) is 44.3 Å². The van der Waals surface area contributed by atoms with Crippen LogP contribution in [0.5, 0.6) is 0 Å². The predicted molar refractivity (Wildman–Crippen MR) is 87.4 cm³/mol. The molecule has 0 aliphatic carbocycles. The molecule has 1 aliphatic rings. The van der Waals surface area contributed by atoms with Gasteiger partial charge in [0, 0.05) is 13.1 Å². The van der Waals surface area contributed by atoms with Crippen molar-refractivity contribution in [2.45, 2.75) is 45.4 Å². The molecule has 0 radical (unpaired) electrons. The summed E-state index contributed by atoms with van der Waals surface area (Å²) < 4.78 is 12.1. The third-order valence-corrected chi connectivity index (χ3v) is 4.36. The van der Waals surface area contributed by atoms with Crippen LogP contribution in [-0.2, 0) is 15.9 Å². The quantitative estimate of drug-likeness (QED) is 0.833. The van der Waals surface area contributed by atoms with Crippen LogP contribution in [0, 0.1) is 0 Å². The van der Waals surface area contributed by atoms with Crippen molar-refractivity contribution in [3.05, 3.63) is 40.9 Å². The molecule has 0 spiro atoms. The predicted octanol–water partition coefficient (Wildman–Crippen LogP) is 2.12. The Bertz CT molecular complexity index is 508. The molecule has 0 aromatic heterocycles. The van der Waals surface area contributed by atoms with Gasteiger partial charge in [0.15, 0.2) is 0 Å². The topological polar surface area (TPSA) is 70.5 Å². The van der Waals surface area contributed by atoms with Gasteiger partial charge < -0.3 is 20.8 Å². The maximum atomic E-state index is 6.04. The van der Waals surface area contributed by atoms with Gasteiger partial charge in [-0.3, -0.25) is 0 Å². The highest BCUT2D eigenvalue weighted by Crippen LogP contribution is 2.38. The van der Waals surface area contributed by atoms with Crippen LogP contribution in [0.3, 0.4) is 0 Å². The van der Waals surface area contributed by atoms with E-state index in [1.54, 1.807) is 0 Å². The van der Waals surface area contributed by atoms with E-state index < -0.39 is 7.12 Å². The SMILES string of the molecule is CC1(C)OB(C(=Cc2ccc(CN)cc2)CN)OC1(C)C. The molecule has 2 rings (SSSR count). The molecule has 0 unspecified atom stereocenters. The lowest BCUT2D eigenvalue weighted by Gasteiger charge is -2.32. The molecule has 21 heavy (non-hydrogen) atoms. The molecule has 1 aromatic carbocycles. The summed E-state index contributed by atoms with van der Waals surface area (Å²) in [4.78, 5) is 0. The largest absolute Gasteiger partial charge is 0.491 e. The van der Waals surface area contributed by atoms with E-state index in [-0.39, 0.29) is 11.2 Å². The lowest BCUT2D eigenvalue weighted by Crippen LogP contribution is -2.41. The minimum absolute atomic E-state index is 0.352. The fraction of sp³-hybridized carbons (Fsp3) is 0.500. The lowest BCUT2D eigenvalue weighted by molar-refractivity contribution is 0.00578. The first kappa shape index (κ1) is 16.2. The summed E-state index contributed by atoms with van der Waals surface area (Å²) in [7, 11) is -0.394. The fourth-order valence-electron chi connectivity index (χ4n) is 2.18. The van der Waals surface area contributed by atoms with Gasteiger partial charge >= 0.3 is 7.12 Å². The van der Waals surface area contributed by atoms with Gasteiger partial charge in [0.05, 0.1) is 11.2 Å². The third-order valence-electron chi connectivity index (χ3n) is 4.36. The second-order valence-corrected chi connectivity index (χ2v) is 6.46. The van der Waals surface area contributed by atoms with Crippen molar-refractivity contribution in [3.63, 3.8) is 0 Å². The van der Waals surface area contributed by atoms with E-state index >= 15 is 0 Å². The highest BCUT2D eigenvalue weighted by molar-refractivity contribution is 6.55. The van der Waals surface area contributed by atoms with Crippen LogP contribution >= 0.6 is 0 Å². The summed E-state index contributed by atoms with van der Waals surface area (Å²) in [6.07, 6.45) is 2.03. The highest BCUT2D eigenvalue weighted by Gasteiger charge is 2.52. The van der Waals surface area contributed by atoms with Crippen LogP contribution in [0.25, 0.3) is 6.08 Å². The summed E-state index contributed by atoms with van der Waals surface area (Å²) in [6.45, 7) is 9.10. The van der Waals surface area contributed by atoms with Gasteiger partial charge in [-0.15, -0.1) is 0 Å². The summed E-state index contributed by atoms with van der Waals surface area (Å²) in [5, 5.41) is 0. The molecule has 0 saturated carbocycles. The molecule has 0 bridgehead atoms. The molecule has 1 saturated heterocycles.